The summed E-state index contributed by atoms with van der Waals surface area (Å²) in [6, 6.07) is 10.7. The zero-order chi connectivity index (χ0) is 20.9. The van der Waals surface area contributed by atoms with Gasteiger partial charge in [-0.3, -0.25) is 4.79 Å². The lowest BCUT2D eigenvalue weighted by molar-refractivity contribution is -0.176. The van der Waals surface area contributed by atoms with Crippen LogP contribution in [-0.2, 0) is 4.74 Å². The summed E-state index contributed by atoms with van der Waals surface area (Å²) in [4.78, 5) is 18.7. The molecule has 30 heavy (non-hydrogen) atoms. The zero-order valence-electron chi connectivity index (χ0n) is 16.4. The van der Waals surface area contributed by atoms with Crippen LogP contribution in [0.5, 0.6) is 5.88 Å². The third kappa shape index (κ3) is 2.83. The molecule has 1 spiro atoms. The van der Waals surface area contributed by atoms with Crippen LogP contribution in [0.4, 0.5) is 0 Å². The van der Waals surface area contributed by atoms with Crippen LogP contribution in [0, 0.1) is 23.7 Å². The molecule has 5 rings (SSSR count). The van der Waals surface area contributed by atoms with Gasteiger partial charge in [0.2, 0.25) is 5.88 Å². The van der Waals surface area contributed by atoms with E-state index in [4.69, 9.17) is 10.00 Å². The lowest BCUT2D eigenvalue weighted by Crippen LogP contribution is -2.67. The molecule has 8 nitrogen and oxygen atoms in total. The highest BCUT2D eigenvalue weighted by Gasteiger charge is 2.50. The lowest BCUT2D eigenvalue weighted by atomic mass is 9.78. The molecule has 1 aromatic carbocycles. The van der Waals surface area contributed by atoms with Gasteiger partial charge in [0, 0.05) is 19.3 Å². The van der Waals surface area contributed by atoms with Crippen molar-refractivity contribution in [3.05, 3.63) is 59.4 Å². The third-order valence-corrected chi connectivity index (χ3v) is 5.76. The number of likely N-dealkylation sites (tertiary alicyclic amines) is 1. The van der Waals surface area contributed by atoms with Gasteiger partial charge in [0.15, 0.2) is 5.82 Å². The molecule has 2 saturated heterocycles. The largest absolute Gasteiger partial charge is 0.493 e. The van der Waals surface area contributed by atoms with Crippen molar-refractivity contribution >= 4 is 5.91 Å². The normalized spacial score (nSPS) is 16.6. The van der Waals surface area contributed by atoms with E-state index in [2.05, 4.69) is 16.2 Å². The number of carbonyl (C=O) groups excluding carboxylic acids is 1. The Bertz CT molecular complexity index is 1180. The molecule has 150 valence electrons. The number of nitrogens with zero attached hydrogens (tertiary/aromatic N) is 5. The minimum absolute atomic E-state index is 0.0508. The van der Waals surface area contributed by atoms with E-state index in [1.165, 1.54) is 10.9 Å². The molecule has 0 atom stereocenters. The van der Waals surface area contributed by atoms with Gasteiger partial charge in [0.1, 0.15) is 0 Å². The van der Waals surface area contributed by atoms with E-state index in [-0.39, 0.29) is 17.2 Å². The van der Waals surface area contributed by atoms with Crippen molar-refractivity contribution in [3.63, 3.8) is 0 Å². The predicted molar refractivity (Wildman–Crippen MR) is 107 cm³/mol. The van der Waals surface area contributed by atoms with Gasteiger partial charge in [-0.1, -0.05) is 6.07 Å². The maximum absolute atomic E-state index is 12.6. The molecule has 1 amide bonds. The first-order valence-corrected chi connectivity index (χ1v) is 9.61. The van der Waals surface area contributed by atoms with E-state index in [9.17, 15) is 9.90 Å². The summed E-state index contributed by atoms with van der Waals surface area (Å²) in [5.74, 6) is 0.309. The molecule has 2 aromatic heterocycles. The molecule has 2 aliphatic rings. The Morgan fingerprint density at radius 2 is 2.00 bits per heavy atom. The van der Waals surface area contributed by atoms with Crippen molar-refractivity contribution in [2.75, 3.05) is 26.3 Å². The molecule has 2 fully saturated rings. The zero-order valence-corrected chi connectivity index (χ0v) is 16.4. The molecule has 4 heterocycles. The third-order valence-electron chi connectivity index (χ3n) is 5.76. The molecular weight excluding hydrogens is 382 g/mol. The van der Waals surface area contributed by atoms with E-state index in [1.807, 2.05) is 6.92 Å². The Labute approximate surface area is 173 Å². The number of aryl methyl sites for hydroxylation is 1. The van der Waals surface area contributed by atoms with Gasteiger partial charge in [0.25, 0.3) is 5.91 Å². The fraction of sp³-hybridized carbons (Fsp3) is 0.273. The van der Waals surface area contributed by atoms with Gasteiger partial charge in [-0.05, 0) is 42.3 Å². The summed E-state index contributed by atoms with van der Waals surface area (Å²) in [5, 5.41) is 24.0. The average molecular weight is 401 g/mol. The maximum atomic E-state index is 12.6. The van der Waals surface area contributed by atoms with E-state index in [0.29, 0.717) is 22.5 Å². The monoisotopic (exact) mass is 401 g/mol. The van der Waals surface area contributed by atoms with Crippen LogP contribution >= 0.6 is 0 Å². The number of pyridine rings is 1. The van der Waals surface area contributed by atoms with Crippen molar-refractivity contribution in [2.45, 2.75) is 6.92 Å². The van der Waals surface area contributed by atoms with E-state index in [0.717, 1.165) is 37.4 Å². The molecule has 2 aliphatic heterocycles. The van der Waals surface area contributed by atoms with Crippen molar-refractivity contribution < 1.29 is 14.6 Å². The van der Waals surface area contributed by atoms with Crippen molar-refractivity contribution in [3.8, 4) is 28.9 Å². The summed E-state index contributed by atoms with van der Waals surface area (Å²) in [5.41, 5.74) is 3.43. The summed E-state index contributed by atoms with van der Waals surface area (Å²) in [6.07, 6.45) is 3.07. The molecule has 0 bridgehead atoms. The number of hydrogen-bond acceptors (Lipinski definition) is 6. The van der Waals surface area contributed by atoms with Crippen LogP contribution in [0.2, 0.25) is 0 Å². The predicted octanol–water partition coefficient (Wildman–Crippen LogP) is 2.29. The number of ether oxygens (including phenoxy) is 1. The van der Waals surface area contributed by atoms with E-state index in [1.54, 1.807) is 41.4 Å². The first-order valence-electron chi connectivity index (χ1n) is 9.61. The van der Waals surface area contributed by atoms with Crippen LogP contribution in [0.15, 0.2) is 42.7 Å². The molecule has 0 radical (unpaired) electrons. The van der Waals surface area contributed by atoms with Crippen molar-refractivity contribution in [1.82, 2.24) is 19.7 Å². The van der Waals surface area contributed by atoms with Crippen LogP contribution in [-0.4, -0.2) is 57.0 Å². The highest BCUT2D eigenvalue weighted by molar-refractivity contribution is 5.94. The number of nitriles is 1. The van der Waals surface area contributed by atoms with Gasteiger partial charge in [-0.25, -0.2) is 4.98 Å². The molecule has 8 heteroatoms. The Morgan fingerprint density at radius 1 is 1.20 bits per heavy atom. The van der Waals surface area contributed by atoms with E-state index >= 15 is 0 Å². The first-order chi connectivity index (χ1) is 14.5. The molecule has 0 saturated carbocycles. The van der Waals surface area contributed by atoms with E-state index < -0.39 is 0 Å². The highest BCUT2D eigenvalue weighted by atomic mass is 16.5. The lowest BCUT2D eigenvalue weighted by Gasteiger charge is -2.54. The summed E-state index contributed by atoms with van der Waals surface area (Å²) < 4.78 is 6.57. The fourth-order valence-corrected chi connectivity index (χ4v) is 4.04. The first kappa shape index (κ1) is 18.3. The second kappa shape index (κ2) is 6.68. The Kier molecular flexibility index (Phi) is 4.08. The number of aromatic hydroxyl groups is 1. The quantitative estimate of drug-likeness (QED) is 0.722. The summed E-state index contributed by atoms with van der Waals surface area (Å²) >= 11 is 0. The molecular formula is C22H19N5O3. The molecule has 0 aliphatic carbocycles. The minimum Gasteiger partial charge on any atom is -0.493 e. The Balaban J connectivity index is 1.36. The second-order valence-electron chi connectivity index (χ2n) is 7.99. The average Bonchev–Trinajstić information content (AvgIpc) is 3.07. The number of carbonyl (C=O) groups is 1. The topological polar surface area (TPSA) is 104 Å². The van der Waals surface area contributed by atoms with Crippen LogP contribution in [0.1, 0.15) is 21.5 Å². The van der Waals surface area contributed by atoms with Crippen molar-refractivity contribution in [1.29, 1.82) is 5.26 Å². The maximum Gasteiger partial charge on any atom is 0.255 e. The van der Waals surface area contributed by atoms with Gasteiger partial charge < -0.3 is 14.7 Å². The standard InChI is InChI=1S/C22H19N5O3/c1-14-6-15(7-23)2-4-17(14)18-9-25-27(21(18)29)19-5-3-16(8-24-19)20(28)26-10-22(11-26)12-30-13-22/h2-6,8-9,29H,10-13H2,1H3. The molecule has 1 N–H and O–H groups in total. The smallest absolute Gasteiger partial charge is 0.255 e. The summed E-state index contributed by atoms with van der Waals surface area (Å²) in [6.45, 7) is 4.78. The number of rotatable bonds is 3. The van der Waals surface area contributed by atoms with Gasteiger partial charge in [0.05, 0.1) is 47.6 Å². The minimum atomic E-state index is -0.0518. The van der Waals surface area contributed by atoms with Crippen molar-refractivity contribution in [2.24, 2.45) is 5.41 Å². The van der Waals surface area contributed by atoms with Gasteiger partial charge >= 0.3 is 0 Å². The SMILES string of the molecule is Cc1cc(C#N)ccc1-c1cnn(-c2ccc(C(=O)N3CC4(COC4)C3)cn2)c1O. The number of benzene rings is 1. The van der Waals surface area contributed by atoms with Gasteiger partial charge in [-0.2, -0.15) is 15.0 Å². The number of amides is 1. The Morgan fingerprint density at radius 3 is 2.60 bits per heavy atom. The van der Waals surface area contributed by atoms with Gasteiger partial charge in [-0.15, -0.1) is 0 Å². The van der Waals surface area contributed by atoms with Crippen LogP contribution in [0.25, 0.3) is 16.9 Å². The molecule has 0 unspecified atom stereocenters. The fourth-order valence-electron chi connectivity index (χ4n) is 4.04. The number of hydrogen-bond donors (Lipinski definition) is 1. The number of aromatic nitrogens is 3. The van der Waals surface area contributed by atoms with Crippen LogP contribution in [0.3, 0.4) is 0 Å². The summed E-state index contributed by atoms with van der Waals surface area (Å²) in [7, 11) is 0. The molecule has 3 aromatic rings. The Hall–Kier alpha value is -3.70. The highest BCUT2D eigenvalue weighted by Crippen LogP contribution is 2.38. The second-order valence-corrected chi connectivity index (χ2v) is 7.99. The van der Waals surface area contributed by atoms with Crippen LogP contribution < -0.4 is 0 Å².